The summed E-state index contributed by atoms with van der Waals surface area (Å²) in [6.07, 6.45) is -0.100. The Labute approximate surface area is 340 Å². The molecule has 3 amide bonds. The first-order chi connectivity index (χ1) is 26.5. The van der Waals surface area contributed by atoms with Gasteiger partial charge in [0.15, 0.2) is 23.1 Å². The van der Waals surface area contributed by atoms with Crippen molar-refractivity contribution in [3.8, 4) is 11.5 Å². The van der Waals surface area contributed by atoms with Gasteiger partial charge in [0, 0.05) is 29.5 Å². The van der Waals surface area contributed by atoms with Gasteiger partial charge in [-0.25, -0.2) is 13.6 Å². The molecular weight excluding hydrogens is 818 g/mol. The summed E-state index contributed by atoms with van der Waals surface area (Å²) >= 11 is 25.4. The van der Waals surface area contributed by atoms with E-state index in [0.29, 0.717) is 11.1 Å². The highest BCUT2D eigenvalue weighted by Gasteiger charge is 2.20. The third-order valence-electron chi connectivity index (χ3n) is 7.81. The number of halogens is 6. The summed E-state index contributed by atoms with van der Waals surface area (Å²) in [6.45, 7) is 5.44. The van der Waals surface area contributed by atoms with Crippen LogP contribution in [0.15, 0.2) is 48.5 Å². The minimum atomic E-state index is -1.08. The van der Waals surface area contributed by atoms with Gasteiger partial charge in [0.2, 0.25) is 11.8 Å². The number of nitrogens with one attached hydrogen (secondary N) is 3. The van der Waals surface area contributed by atoms with Gasteiger partial charge in [0.1, 0.15) is 19.8 Å². The van der Waals surface area contributed by atoms with Crippen LogP contribution >= 0.6 is 46.4 Å². The van der Waals surface area contributed by atoms with Crippen LogP contribution in [-0.4, -0.2) is 36.2 Å². The summed E-state index contributed by atoms with van der Waals surface area (Å²) in [5.74, 6) is -4.96. The molecule has 17 heteroatoms. The molecule has 0 atom stereocenters. The lowest BCUT2D eigenvalue weighted by molar-refractivity contribution is -0.158. The summed E-state index contributed by atoms with van der Waals surface area (Å²) in [7, 11) is 0. The fraction of sp³-hybridized carbons (Fsp3) is 0.256. The van der Waals surface area contributed by atoms with E-state index in [1.807, 2.05) is 0 Å². The monoisotopic (exact) mass is 851 g/mol. The fourth-order valence-corrected chi connectivity index (χ4v) is 6.40. The van der Waals surface area contributed by atoms with Gasteiger partial charge in [-0.1, -0.05) is 60.3 Å². The Balaban J connectivity index is 1.30. The number of carbonyl (C=O) groups is 5. The molecule has 0 aromatic heterocycles. The molecule has 0 aliphatic heterocycles. The van der Waals surface area contributed by atoms with Crippen molar-refractivity contribution in [2.45, 2.75) is 60.2 Å². The molecule has 4 rings (SSSR count). The number of ether oxygens (including phenoxy) is 3. The average Bonchev–Trinajstić information content (AvgIpc) is 3.12. The lowest BCUT2D eigenvalue weighted by atomic mass is 10.1. The Morgan fingerprint density at radius 3 is 1.48 bits per heavy atom. The highest BCUT2D eigenvalue weighted by Crippen LogP contribution is 2.37. The zero-order valence-electron chi connectivity index (χ0n) is 30.4. The standard InChI is InChI=1S/C39H35Cl4F2N3O8/c1-5-31(49)47-29-9-19(3)7-23(35(29)44)17-54-37-25(40)11-21(12-26(37)41)13-33(51)56-34(52)16-46-39(53)22-14-27(42)38(28(43)15-22)55-18-24-8-20(4)10-30(36(24)45)48-32(50)6-2/h7-12,14-15H,5-6,13,16-18H2,1-4H3,(H,46,53)(H,47,49)(H,48,50). The minimum Gasteiger partial charge on any atom is -0.486 e. The van der Waals surface area contributed by atoms with Gasteiger partial charge in [-0.3, -0.25) is 19.2 Å². The topological polar surface area (TPSA) is 149 Å². The first-order valence-electron chi connectivity index (χ1n) is 16.9. The number of amides is 3. The number of esters is 2. The highest BCUT2D eigenvalue weighted by atomic mass is 35.5. The van der Waals surface area contributed by atoms with Crippen LogP contribution in [0.3, 0.4) is 0 Å². The predicted octanol–water partition coefficient (Wildman–Crippen LogP) is 9.09. The molecule has 56 heavy (non-hydrogen) atoms. The summed E-state index contributed by atoms with van der Waals surface area (Å²) in [6, 6.07) is 11.2. The van der Waals surface area contributed by atoms with Crippen molar-refractivity contribution in [3.05, 3.63) is 114 Å². The second kappa shape index (κ2) is 19.8. The second-order valence-corrected chi connectivity index (χ2v) is 13.9. The van der Waals surface area contributed by atoms with Crippen LogP contribution < -0.4 is 25.4 Å². The number of anilines is 2. The quantitative estimate of drug-likeness (QED) is 0.0793. The van der Waals surface area contributed by atoms with Crippen molar-refractivity contribution in [3.63, 3.8) is 0 Å². The molecule has 4 aromatic carbocycles. The van der Waals surface area contributed by atoms with Gasteiger partial charge in [0.25, 0.3) is 5.91 Å². The van der Waals surface area contributed by atoms with E-state index in [0.717, 1.165) is 0 Å². The van der Waals surface area contributed by atoms with Crippen molar-refractivity contribution >= 4 is 87.4 Å². The number of carbonyl (C=O) groups excluding carboxylic acids is 5. The largest absolute Gasteiger partial charge is 0.486 e. The lowest BCUT2D eigenvalue weighted by Gasteiger charge is -2.15. The molecule has 3 N–H and O–H groups in total. The van der Waals surface area contributed by atoms with Gasteiger partial charge < -0.3 is 30.2 Å². The fourth-order valence-electron chi connectivity index (χ4n) is 5.16. The van der Waals surface area contributed by atoms with Crippen LogP contribution in [0.5, 0.6) is 11.5 Å². The van der Waals surface area contributed by atoms with Crippen molar-refractivity contribution in [2.75, 3.05) is 17.2 Å². The van der Waals surface area contributed by atoms with E-state index in [9.17, 15) is 24.0 Å². The van der Waals surface area contributed by atoms with E-state index in [1.54, 1.807) is 33.8 Å². The Bertz CT molecular complexity index is 2160. The molecule has 0 unspecified atom stereocenters. The number of benzene rings is 4. The van der Waals surface area contributed by atoms with Gasteiger partial charge in [-0.2, -0.15) is 0 Å². The summed E-state index contributed by atoms with van der Waals surface area (Å²) in [5.41, 5.74) is 1.82. The molecule has 0 radical (unpaired) electrons. The van der Waals surface area contributed by atoms with Crippen LogP contribution in [0.25, 0.3) is 0 Å². The van der Waals surface area contributed by atoms with Crippen molar-refractivity contribution in [2.24, 2.45) is 0 Å². The van der Waals surface area contributed by atoms with E-state index in [1.165, 1.54) is 42.5 Å². The summed E-state index contributed by atoms with van der Waals surface area (Å²) in [5, 5.41) is 7.12. The van der Waals surface area contributed by atoms with Crippen LogP contribution in [0.1, 0.15) is 64.9 Å². The molecule has 0 spiro atoms. The molecule has 0 aliphatic carbocycles. The van der Waals surface area contributed by atoms with Crippen molar-refractivity contribution < 1.29 is 47.0 Å². The molecule has 0 fully saturated rings. The SMILES string of the molecule is CCC(=O)Nc1cc(C)cc(COc2c(Cl)cc(CC(=O)OC(=O)CNC(=O)c3cc(Cl)c(OCc4cc(C)cc(NC(=O)CC)c4F)c(Cl)c3)cc2Cl)c1F. The molecular formula is C39H35Cl4F2N3O8. The molecule has 4 aromatic rings. The third kappa shape index (κ3) is 11.8. The van der Waals surface area contributed by atoms with Gasteiger partial charge in [-0.05, 0) is 79.1 Å². The Hall–Kier alpha value is -4.95. The first kappa shape index (κ1) is 43.8. The van der Waals surface area contributed by atoms with E-state index < -0.39 is 42.4 Å². The van der Waals surface area contributed by atoms with Crippen molar-refractivity contribution in [1.82, 2.24) is 5.32 Å². The number of aryl methyl sites for hydroxylation is 2. The molecule has 0 saturated heterocycles. The second-order valence-electron chi connectivity index (χ2n) is 12.3. The van der Waals surface area contributed by atoms with Gasteiger partial charge in [-0.15, -0.1) is 0 Å². The summed E-state index contributed by atoms with van der Waals surface area (Å²) < 4.78 is 46.3. The molecule has 11 nitrogen and oxygen atoms in total. The molecule has 0 aliphatic rings. The number of hydrogen-bond acceptors (Lipinski definition) is 8. The normalized spacial score (nSPS) is 10.8. The van der Waals surface area contributed by atoms with Crippen LogP contribution in [0.2, 0.25) is 20.1 Å². The highest BCUT2D eigenvalue weighted by molar-refractivity contribution is 6.38. The maximum atomic E-state index is 15.0. The molecule has 0 bridgehead atoms. The van der Waals surface area contributed by atoms with Crippen molar-refractivity contribution in [1.29, 1.82) is 0 Å². The average molecular weight is 854 g/mol. The van der Waals surface area contributed by atoms with Gasteiger partial charge in [0.05, 0.1) is 37.9 Å². The lowest BCUT2D eigenvalue weighted by Crippen LogP contribution is -2.32. The maximum absolute atomic E-state index is 15.0. The minimum absolute atomic E-state index is 0.000906. The Morgan fingerprint density at radius 1 is 0.625 bits per heavy atom. The van der Waals surface area contributed by atoms with Crippen LogP contribution in [0, 0.1) is 25.5 Å². The van der Waals surface area contributed by atoms with Crippen LogP contribution in [0.4, 0.5) is 20.2 Å². The zero-order valence-corrected chi connectivity index (χ0v) is 33.4. The third-order valence-corrected chi connectivity index (χ3v) is 8.93. The van der Waals surface area contributed by atoms with E-state index in [2.05, 4.69) is 16.0 Å². The first-order valence-corrected chi connectivity index (χ1v) is 18.4. The summed E-state index contributed by atoms with van der Waals surface area (Å²) in [4.78, 5) is 61.3. The molecule has 0 heterocycles. The zero-order chi connectivity index (χ0) is 41.3. The maximum Gasteiger partial charge on any atom is 0.333 e. The predicted molar refractivity (Wildman–Crippen MR) is 209 cm³/mol. The molecule has 296 valence electrons. The molecule has 0 saturated carbocycles. The number of hydrogen-bond donors (Lipinski definition) is 3. The smallest absolute Gasteiger partial charge is 0.333 e. The number of rotatable bonds is 15. The van der Waals surface area contributed by atoms with E-state index >= 15 is 8.78 Å². The van der Waals surface area contributed by atoms with Crippen LogP contribution in [-0.2, 0) is 43.5 Å². The van der Waals surface area contributed by atoms with E-state index in [-0.39, 0.29) is 103 Å². The Kier molecular flexibility index (Phi) is 15.5. The Morgan fingerprint density at radius 2 is 1.05 bits per heavy atom. The van der Waals surface area contributed by atoms with Gasteiger partial charge >= 0.3 is 11.9 Å². The van der Waals surface area contributed by atoms with E-state index in [4.69, 9.17) is 60.6 Å².